The number of nitrogens with zero attached hydrogens (tertiary/aromatic N) is 3. The number of aromatic nitrogens is 3. The van der Waals surface area contributed by atoms with E-state index in [-0.39, 0.29) is 0 Å². The summed E-state index contributed by atoms with van der Waals surface area (Å²) in [6.07, 6.45) is -2.53. The van der Waals surface area contributed by atoms with Crippen LogP contribution in [0.1, 0.15) is 11.1 Å². The molecule has 3 nitrogen and oxygen atoms in total. The van der Waals surface area contributed by atoms with E-state index in [1.54, 1.807) is 10.6 Å². The molecule has 0 saturated carbocycles. The molecule has 0 spiro atoms. The van der Waals surface area contributed by atoms with Crippen molar-refractivity contribution in [3.8, 4) is 11.4 Å². The van der Waals surface area contributed by atoms with E-state index in [0.717, 1.165) is 17.7 Å². The maximum atomic E-state index is 12.5. The van der Waals surface area contributed by atoms with Crippen molar-refractivity contribution in [1.29, 1.82) is 0 Å². The number of alkyl halides is 3. The maximum Gasteiger partial charge on any atom is 0.416 e. The van der Waals surface area contributed by atoms with Gasteiger partial charge < -0.3 is 0 Å². The van der Waals surface area contributed by atoms with E-state index in [1.807, 2.05) is 19.1 Å². The molecule has 0 unspecified atom stereocenters. The van der Waals surface area contributed by atoms with Gasteiger partial charge in [0, 0.05) is 11.8 Å². The number of benzene rings is 1. The SMILES string of the molecule is Cc1ccn2c(-c3ccc(C(F)(F)F)cc3)nnc2c1. The summed E-state index contributed by atoms with van der Waals surface area (Å²) < 4.78 is 39.3. The summed E-state index contributed by atoms with van der Waals surface area (Å²) in [6, 6.07) is 8.65. The summed E-state index contributed by atoms with van der Waals surface area (Å²) in [4.78, 5) is 0. The lowest BCUT2D eigenvalue weighted by molar-refractivity contribution is -0.137. The molecule has 2 heterocycles. The van der Waals surface area contributed by atoms with Crippen molar-refractivity contribution in [2.75, 3.05) is 0 Å². The highest BCUT2D eigenvalue weighted by molar-refractivity contribution is 5.60. The number of pyridine rings is 1. The Hall–Kier alpha value is -2.37. The van der Waals surface area contributed by atoms with Crippen LogP contribution in [-0.2, 0) is 6.18 Å². The first kappa shape index (κ1) is 12.7. The molecular weight excluding hydrogens is 267 g/mol. The third kappa shape index (κ3) is 2.13. The minimum Gasteiger partial charge on any atom is -0.282 e. The molecule has 0 atom stereocenters. The fourth-order valence-electron chi connectivity index (χ4n) is 2.00. The maximum absolute atomic E-state index is 12.5. The van der Waals surface area contributed by atoms with Gasteiger partial charge in [-0.2, -0.15) is 13.2 Å². The molecule has 0 fully saturated rings. The van der Waals surface area contributed by atoms with Crippen molar-refractivity contribution >= 4 is 5.65 Å². The fourth-order valence-corrected chi connectivity index (χ4v) is 2.00. The second-order valence-corrected chi connectivity index (χ2v) is 4.53. The highest BCUT2D eigenvalue weighted by atomic mass is 19.4. The molecule has 0 N–H and O–H groups in total. The van der Waals surface area contributed by atoms with Crippen molar-refractivity contribution in [2.24, 2.45) is 0 Å². The standard InChI is InChI=1S/C14H10F3N3/c1-9-6-7-20-12(8-9)18-19-13(20)10-2-4-11(5-3-10)14(15,16)17/h2-8H,1H3. The minimum absolute atomic E-state index is 0.522. The van der Waals surface area contributed by atoms with E-state index in [0.29, 0.717) is 17.0 Å². The summed E-state index contributed by atoms with van der Waals surface area (Å²) >= 11 is 0. The normalized spacial score (nSPS) is 12.0. The number of rotatable bonds is 1. The number of aryl methyl sites for hydroxylation is 1. The Kier molecular flexibility index (Phi) is 2.74. The Labute approximate surface area is 112 Å². The third-order valence-corrected chi connectivity index (χ3v) is 3.04. The second-order valence-electron chi connectivity index (χ2n) is 4.53. The Balaban J connectivity index is 2.07. The van der Waals surface area contributed by atoms with Gasteiger partial charge in [0.1, 0.15) is 0 Å². The Bertz CT molecular complexity index is 757. The summed E-state index contributed by atoms with van der Waals surface area (Å²) in [5, 5.41) is 8.05. The zero-order valence-corrected chi connectivity index (χ0v) is 10.5. The summed E-state index contributed by atoms with van der Waals surface area (Å²) in [7, 11) is 0. The highest BCUT2D eigenvalue weighted by Gasteiger charge is 2.30. The second kappa shape index (κ2) is 4.33. The molecule has 0 saturated heterocycles. The van der Waals surface area contributed by atoms with Crippen LogP contribution < -0.4 is 0 Å². The first-order valence-electron chi connectivity index (χ1n) is 5.94. The molecule has 6 heteroatoms. The van der Waals surface area contributed by atoms with Crippen LogP contribution in [0.15, 0.2) is 42.6 Å². The van der Waals surface area contributed by atoms with Crippen molar-refractivity contribution in [1.82, 2.24) is 14.6 Å². The first-order valence-corrected chi connectivity index (χ1v) is 5.94. The molecule has 1 aromatic carbocycles. The zero-order valence-electron chi connectivity index (χ0n) is 10.5. The topological polar surface area (TPSA) is 30.2 Å². The lowest BCUT2D eigenvalue weighted by atomic mass is 10.1. The number of hydrogen-bond acceptors (Lipinski definition) is 2. The fraction of sp³-hybridized carbons (Fsp3) is 0.143. The molecule has 0 amide bonds. The van der Waals surface area contributed by atoms with Crippen LogP contribution in [-0.4, -0.2) is 14.6 Å². The monoisotopic (exact) mass is 277 g/mol. The van der Waals surface area contributed by atoms with E-state index in [4.69, 9.17) is 0 Å². The van der Waals surface area contributed by atoms with E-state index >= 15 is 0 Å². The van der Waals surface area contributed by atoms with E-state index in [9.17, 15) is 13.2 Å². The van der Waals surface area contributed by atoms with E-state index < -0.39 is 11.7 Å². The van der Waals surface area contributed by atoms with Gasteiger partial charge in [0.05, 0.1) is 5.56 Å². The van der Waals surface area contributed by atoms with Gasteiger partial charge in [-0.05, 0) is 36.8 Å². The van der Waals surface area contributed by atoms with Gasteiger partial charge in [-0.25, -0.2) is 0 Å². The average Bonchev–Trinajstić information content (AvgIpc) is 2.80. The van der Waals surface area contributed by atoms with Gasteiger partial charge in [0.25, 0.3) is 0 Å². The van der Waals surface area contributed by atoms with Crippen LogP contribution in [0.3, 0.4) is 0 Å². The van der Waals surface area contributed by atoms with E-state index in [1.165, 1.54) is 12.1 Å². The van der Waals surface area contributed by atoms with Crippen molar-refractivity contribution < 1.29 is 13.2 Å². The molecular formula is C14H10F3N3. The van der Waals surface area contributed by atoms with E-state index in [2.05, 4.69) is 10.2 Å². The Morgan fingerprint density at radius 3 is 2.35 bits per heavy atom. The van der Waals surface area contributed by atoms with Crippen LogP contribution >= 0.6 is 0 Å². The molecule has 0 aliphatic heterocycles. The van der Waals surface area contributed by atoms with Crippen molar-refractivity contribution in [2.45, 2.75) is 13.1 Å². The minimum atomic E-state index is -4.33. The largest absolute Gasteiger partial charge is 0.416 e. The predicted molar refractivity (Wildman–Crippen MR) is 68.2 cm³/mol. The molecule has 0 bridgehead atoms. The molecule has 2 aromatic heterocycles. The van der Waals surface area contributed by atoms with Gasteiger partial charge in [0.2, 0.25) is 0 Å². The third-order valence-electron chi connectivity index (χ3n) is 3.04. The van der Waals surface area contributed by atoms with Crippen LogP contribution in [0.5, 0.6) is 0 Å². The van der Waals surface area contributed by atoms with Crippen LogP contribution in [0, 0.1) is 6.92 Å². The predicted octanol–water partition coefficient (Wildman–Crippen LogP) is 3.72. The van der Waals surface area contributed by atoms with Crippen LogP contribution in [0.2, 0.25) is 0 Å². The molecule has 0 radical (unpaired) electrons. The van der Waals surface area contributed by atoms with Gasteiger partial charge in [-0.3, -0.25) is 4.40 Å². The Morgan fingerprint density at radius 2 is 1.70 bits per heavy atom. The average molecular weight is 277 g/mol. The van der Waals surface area contributed by atoms with Gasteiger partial charge in [-0.15, -0.1) is 10.2 Å². The zero-order chi connectivity index (χ0) is 14.3. The van der Waals surface area contributed by atoms with Crippen molar-refractivity contribution in [3.63, 3.8) is 0 Å². The lowest BCUT2D eigenvalue weighted by Gasteiger charge is -2.07. The number of hydrogen-bond donors (Lipinski definition) is 0. The smallest absolute Gasteiger partial charge is 0.282 e. The van der Waals surface area contributed by atoms with Gasteiger partial charge in [-0.1, -0.05) is 12.1 Å². The van der Waals surface area contributed by atoms with Crippen LogP contribution in [0.25, 0.3) is 17.0 Å². The molecule has 0 aliphatic rings. The quantitative estimate of drug-likeness (QED) is 0.678. The van der Waals surface area contributed by atoms with Crippen molar-refractivity contribution in [3.05, 3.63) is 53.7 Å². The Morgan fingerprint density at radius 1 is 1.00 bits per heavy atom. The molecule has 102 valence electrons. The van der Waals surface area contributed by atoms with Gasteiger partial charge >= 0.3 is 6.18 Å². The molecule has 20 heavy (non-hydrogen) atoms. The summed E-state index contributed by atoms with van der Waals surface area (Å²) in [5.41, 5.74) is 1.63. The highest BCUT2D eigenvalue weighted by Crippen LogP contribution is 2.30. The number of fused-ring (bicyclic) bond motifs is 1. The first-order chi connectivity index (χ1) is 9.45. The number of halogens is 3. The van der Waals surface area contributed by atoms with Gasteiger partial charge in [0.15, 0.2) is 11.5 Å². The van der Waals surface area contributed by atoms with Crippen LogP contribution in [0.4, 0.5) is 13.2 Å². The lowest BCUT2D eigenvalue weighted by Crippen LogP contribution is -2.04. The summed E-state index contributed by atoms with van der Waals surface area (Å²) in [5.74, 6) is 0.522. The molecule has 3 aromatic rings. The molecule has 0 aliphatic carbocycles. The molecule has 3 rings (SSSR count). The summed E-state index contributed by atoms with van der Waals surface area (Å²) in [6.45, 7) is 1.94.